The van der Waals surface area contributed by atoms with Crippen molar-refractivity contribution in [2.45, 2.75) is 38.5 Å². The SMILES string of the molecule is CCOc1ccc(C(CN)C2CCCC2)cc1. The van der Waals surface area contributed by atoms with Crippen LogP contribution in [0.1, 0.15) is 44.1 Å². The van der Waals surface area contributed by atoms with Crippen molar-refractivity contribution in [2.24, 2.45) is 11.7 Å². The second-order valence-electron chi connectivity index (χ2n) is 4.89. The van der Waals surface area contributed by atoms with Gasteiger partial charge in [0.05, 0.1) is 6.61 Å². The monoisotopic (exact) mass is 233 g/mol. The quantitative estimate of drug-likeness (QED) is 0.846. The summed E-state index contributed by atoms with van der Waals surface area (Å²) in [6.07, 6.45) is 5.43. The molecule has 2 heteroatoms. The first-order valence-corrected chi connectivity index (χ1v) is 6.78. The van der Waals surface area contributed by atoms with Gasteiger partial charge in [-0.15, -0.1) is 0 Å². The summed E-state index contributed by atoms with van der Waals surface area (Å²) < 4.78 is 5.47. The Morgan fingerprint density at radius 2 is 1.88 bits per heavy atom. The predicted octanol–water partition coefficient (Wildman–Crippen LogP) is 3.32. The Hall–Kier alpha value is -1.02. The highest BCUT2D eigenvalue weighted by atomic mass is 16.5. The molecule has 1 aliphatic carbocycles. The average molecular weight is 233 g/mol. The molecule has 0 heterocycles. The van der Waals surface area contributed by atoms with Crippen molar-refractivity contribution in [3.8, 4) is 5.75 Å². The standard InChI is InChI=1S/C15H23NO/c1-2-17-14-9-7-13(8-10-14)15(11-16)12-5-3-4-6-12/h7-10,12,15H,2-6,11,16H2,1H3. The topological polar surface area (TPSA) is 35.2 Å². The average Bonchev–Trinajstić information content (AvgIpc) is 2.86. The van der Waals surface area contributed by atoms with Gasteiger partial charge >= 0.3 is 0 Å². The summed E-state index contributed by atoms with van der Waals surface area (Å²) in [5.41, 5.74) is 7.33. The molecule has 1 aromatic carbocycles. The minimum Gasteiger partial charge on any atom is -0.494 e. The first kappa shape index (κ1) is 12.4. The Morgan fingerprint density at radius 1 is 1.24 bits per heavy atom. The van der Waals surface area contributed by atoms with E-state index in [0.29, 0.717) is 5.92 Å². The molecule has 2 rings (SSSR count). The van der Waals surface area contributed by atoms with Gasteiger partial charge in [-0.25, -0.2) is 0 Å². The molecule has 0 amide bonds. The van der Waals surface area contributed by atoms with Crippen LogP contribution in [0.5, 0.6) is 5.75 Å². The lowest BCUT2D eigenvalue weighted by molar-refractivity contribution is 0.340. The largest absolute Gasteiger partial charge is 0.494 e. The van der Waals surface area contributed by atoms with Crippen LogP contribution in [0.15, 0.2) is 24.3 Å². The van der Waals surface area contributed by atoms with Gasteiger partial charge in [0.25, 0.3) is 0 Å². The third-order valence-electron chi connectivity index (χ3n) is 3.84. The van der Waals surface area contributed by atoms with Gasteiger partial charge in [0.15, 0.2) is 0 Å². The zero-order valence-corrected chi connectivity index (χ0v) is 10.7. The van der Waals surface area contributed by atoms with Gasteiger partial charge in [0.1, 0.15) is 5.75 Å². The van der Waals surface area contributed by atoms with Crippen LogP contribution in [0.2, 0.25) is 0 Å². The summed E-state index contributed by atoms with van der Waals surface area (Å²) in [6.45, 7) is 3.50. The van der Waals surface area contributed by atoms with E-state index in [2.05, 4.69) is 24.3 Å². The maximum Gasteiger partial charge on any atom is 0.119 e. The normalized spacial score (nSPS) is 18.2. The Labute approximate surface area is 104 Å². The first-order chi connectivity index (χ1) is 8.35. The zero-order chi connectivity index (χ0) is 12.1. The fourth-order valence-corrected chi connectivity index (χ4v) is 2.94. The summed E-state index contributed by atoms with van der Waals surface area (Å²) in [5, 5.41) is 0. The summed E-state index contributed by atoms with van der Waals surface area (Å²) in [4.78, 5) is 0. The highest BCUT2D eigenvalue weighted by Crippen LogP contribution is 2.37. The Bertz CT molecular complexity index is 327. The van der Waals surface area contributed by atoms with Crippen LogP contribution >= 0.6 is 0 Å². The van der Waals surface area contributed by atoms with Gasteiger partial charge in [-0.2, -0.15) is 0 Å². The molecule has 2 nitrogen and oxygen atoms in total. The molecule has 1 atom stereocenters. The van der Waals surface area contributed by atoms with Crippen LogP contribution < -0.4 is 10.5 Å². The fraction of sp³-hybridized carbons (Fsp3) is 0.600. The van der Waals surface area contributed by atoms with Crippen molar-refractivity contribution in [1.29, 1.82) is 0 Å². The third kappa shape index (κ3) is 3.01. The lowest BCUT2D eigenvalue weighted by Gasteiger charge is -2.22. The van der Waals surface area contributed by atoms with Crippen LogP contribution in [0, 0.1) is 5.92 Å². The Morgan fingerprint density at radius 3 is 2.41 bits per heavy atom. The molecular weight excluding hydrogens is 210 g/mol. The maximum atomic E-state index is 5.95. The smallest absolute Gasteiger partial charge is 0.119 e. The van der Waals surface area contributed by atoms with Gasteiger partial charge in [-0.05, 0) is 55.8 Å². The van der Waals surface area contributed by atoms with Gasteiger partial charge in [-0.1, -0.05) is 25.0 Å². The van der Waals surface area contributed by atoms with Crippen molar-refractivity contribution in [3.05, 3.63) is 29.8 Å². The second-order valence-corrected chi connectivity index (χ2v) is 4.89. The van der Waals surface area contributed by atoms with E-state index in [4.69, 9.17) is 10.5 Å². The van der Waals surface area contributed by atoms with Crippen LogP contribution in [-0.4, -0.2) is 13.2 Å². The van der Waals surface area contributed by atoms with Crippen molar-refractivity contribution < 1.29 is 4.74 Å². The van der Waals surface area contributed by atoms with Gasteiger partial charge < -0.3 is 10.5 Å². The summed E-state index contributed by atoms with van der Waals surface area (Å²) in [5.74, 6) is 2.28. The van der Waals surface area contributed by atoms with E-state index in [0.717, 1.165) is 24.8 Å². The van der Waals surface area contributed by atoms with E-state index >= 15 is 0 Å². The maximum absolute atomic E-state index is 5.95. The molecule has 0 bridgehead atoms. The molecule has 0 aliphatic heterocycles. The Balaban J connectivity index is 2.07. The third-order valence-corrected chi connectivity index (χ3v) is 3.84. The molecule has 0 aromatic heterocycles. The molecule has 94 valence electrons. The molecule has 0 spiro atoms. The molecule has 1 saturated carbocycles. The van der Waals surface area contributed by atoms with E-state index in [9.17, 15) is 0 Å². The lowest BCUT2D eigenvalue weighted by Crippen LogP contribution is -2.19. The minimum atomic E-state index is 0.535. The van der Waals surface area contributed by atoms with E-state index in [1.54, 1.807) is 0 Å². The highest BCUT2D eigenvalue weighted by Gasteiger charge is 2.25. The molecular formula is C15H23NO. The van der Waals surface area contributed by atoms with Crippen molar-refractivity contribution in [1.82, 2.24) is 0 Å². The molecule has 0 saturated heterocycles. The second kappa shape index (κ2) is 6.06. The zero-order valence-electron chi connectivity index (χ0n) is 10.7. The predicted molar refractivity (Wildman–Crippen MR) is 71.4 cm³/mol. The molecule has 1 fully saturated rings. The van der Waals surface area contributed by atoms with E-state index < -0.39 is 0 Å². The molecule has 2 N–H and O–H groups in total. The van der Waals surface area contributed by atoms with Crippen LogP contribution in [-0.2, 0) is 0 Å². The van der Waals surface area contributed by atoms with Gasteiger partial charge in [0, 0.05) is 0 Å². The first-order valence-electron chi connectivity index (χ1n) is 6.78. The summed E-state index contributed by atoms with van der Waals surface area (Å²) in [6, 6.07) is 8.49. The molecule has 0 radical (unpaired) electrons. The van der Waals surface area contributed by atoms with Crippen LogP contribution in [0.4, 0.5) is 0 Å². The number of nitrogens with two attached hydrogens (primary N) is 1. The number of hydrogen-bond donors (Lipinski definition) is 1. The molecule has 1 aromatic rings. The molecule has 17 heavy (non-hydrogen) atoms. The summed E-state index contributed by atoms with van der Waals surface area (Å²) in [7, 11) is 0. The highest BCUT2D eigenvalue weighted by molar-refractivity contribution is 5.30. The number of ether oxygens (including phenoxy) is 1. The van der Waals surface area contributed by atoms with Crippen molar-refractivity contribution in [2.75, 3.05) is 13.2 Å². The van der Waals surface area contributed by atoms with E-state index in [1.165, 1.54) is 31.2 Å². The van der Waals surface area contributed by atoms with Crippen LogP contribution in [0.3, 0.4) is 0 Å². The molecule has 1 unspecified atom stereocenters. The van der Waals surface area contributed by atoms with Crippen LogP contribution in [0.25, 0.3) is 0 Å². The number of hydrogen-bond acceptors (Lipinski definition) is 2. The summed E-state index contributed by atoms with van der Waals surface area (Å²) >= 11 is 0. The van der Waals surface area contributed by atoms with Crippen molar-refractivity contribution in [3.63, 3.8) is 0 Å². The van der Waals surface area contributed by atoms with Gasteiger partial charge in [0.2, 0.25) is 0 Å². The Kier molecular flexibility index (Phi) is 4.43. The van der Waals surface area contributed by atoms with E-state index in [-0.39, 0.29) is 0 Å². The number of rotatable bonds is 5. The lowest BCUT2D eigenvalue weighted by atomic mass is 9.85. The fourth-order valence-electron chi connectivity index (χ4n) is 2.94. The van der Waals surface area contributed by atoms with E-state index in [1.807, 2.05) is 6.92 Å². The number of benzene rings is 1. The van der Waals surface area contributed by atoms with Crippen molar-refractivity contribution >= 4 is 0 Å². The van der Waals surface area contributed by atoms with Gasteiger partial charge in [-0.3, -0.25) is 0 Å². The minimum absolute atomic E-state index is 0.535. The molecule has 1 aliphatic rings.